The largest absolute Gasteiger partial charge is 0.359 e. The molecule has 0 saturated heterocycles. The smallest absolute Gasteiger partial charge is 0.194 e. The fraction of sp³-hybridized carbons (Fsp3) is 0.375. The van der Waals surface area contributed by atoms with Crippen molar-refractivity contribution < 1.29 is 4.52 Å². The van der Waals surface area contributed by atoms with E-state index in [1.165, 1.54) is 5.56 Å². The Morgan fingerprint density at radius 2 is 2.05 bits per heavy atom. The van der Waals surface area contributed by atoms with Crippen molar-refractivity contribution in [2.75, 3.05) is 14.1 Å². The van der Waals surface area contributed by atoms with Gasteiger partial charge in [0.15, 0.2) is 11.7 Å². The molecule has 0 radical (unpaired) electrons. The lowest BCUT2D eigenvalue weighted by atomic mass is 10.2. The van der Waals surface area contributed by atoms with Gasteiger partial charge >= 0.3 is 0 Å². The first-order valence-electron chi connectivity index (χ1n) is 7.13. The first-order valence-corrected chi connectivity index (χ1v) is 7.13. The number of benzene rings is 1. The van der Waals surface area contributed by atoms with Crippen LogP contribution in [-0.2, 0) is 19.5 Å². The number of hydrogen-bond acceptors (Lipinski definition) is 3. The Hall–Kier alpha value is -1.57. The molecule has 0 aliphatic carbocycles. The van der Waals surface area contributed by atoms with E-state index in [0.29, 0.717) is 6.54 Å². The molecule has 1 N–H and O–H groups in total. The highest BCUT2D eigenvalue weighted by Gasteiger charge is 2.08. The molecule has 0 spiro atoms. The summed E-state index contributed by atoms with van der Waals surface area (Å²) in [5.41, 5.74) is 2.22. The molecular formula is C16H23IN4O. The van der Waals surface area contributed by atoms with Crippen LogP contribution in [0, 0.1) is 0 Å². The molecule has 0 unspecified atom stereocenters. The lowest BCUT2D eigenvalue weighted by Crippen LogP contribution is -2.37. The Labute approximate surface area is 148 Å². The number of guanidine groups is 1. The first-order chi connectivity index (χ1) is 10.2. The van der Waals surface area contributed by atoms with Gasteiger partial charge in [0, 0.05) is 26.7 Å². The first kappa shape index (κ1) is 18.5. The van der Waals surface area contributed by atoms with Crippen LogP contribution in [0.2, 0.25) is 0 Å². The van der Waals surface area contributed by atoms with Crippen LogP contribution in [0.1, 0.15) is 23.9 Å². The maximum absolute atomic E-state index is 5.26. The molecule has 0 amide bonds. The molecule has 2 rings (SSSR count). The predicted molar refractivity (Wildman–Crippen MR) is 99.4 cm³/mol. The molecule has 1 aromatic heterocycles. The fourth-order valence-corrected chi connectivity index (χ4v) is 2.09. The van der Waals surface area contributed by atoms with Crippen LogP contribution < -0.4 is 5.32 Å². The third-order valence-electron chi connectivity index (χ3n) is 3.23. The van der Waals surface area contributed by atoms with Gasteiger partial charge in [0.25, 0.3) is 0 Å². The Morgan fingerprint density at radius 3 is 2.64 bits per heavy atom. The summed E-state index contributed by atoms with van der Waals surface area (Å²) >= 11 is 0. The van der Waals surface area contributed by atoms with E-state index in [-0.39, 0.29) is 24.0 Å². The minimum absolute atomic E-state index is 0. The second kappa shape index (κ2) is 9.45. The Morgan fingerprint density at radius 1 is 1.32 bits per heavy atom. The van der Waals surface area contributed by atoms with Crippen LogP contribution in [0.15, 0.2) is 45.9 Å². The van der Waals surface area contributed by atoms with E-state index in [9.17, 15) is 0 Å². The third kappa shape index (κ3) is 5.32. The summed E-state index contributed by atoms with van der Waals surface area (Å²) < 4.78 is 5.26. The Balaban J connectivity index is 0.00000242. The van der Waals surface area contributed by atoms with Crippen LogP contribution >= 0.6 is 24.0 Å². The van der Waals surface area contributed by atoms with E-state index in [4.69, 9.17) is 4.52 Å². The van der Waals surface area contributed by atoms with Crippen LogP contribution in [0.5, 0.6) is 0 Å². The number of aromatic nitrogens is 1. The quantitative estimate of drug-likeness (QED) is 0.464. The molecule has 2 aromatic rings. The molecule has 1 heterocycles. The van der Waals surface area contributed by atoms with Crippen molar-refractivity contribution in [2.24, 2.45) is 4.99 Å². The molecule has 0 fully saturated rings. The minimum atomic E-state index is 0. The standard InChI is InChI=1S/C16H22N4O.HI/c1-4-14-10-15(21-19-14)11-18-16(17-2)20(3)12-13-8-6-5-7-9-13;/h5-10H,4,11-12H2,1-3H3,(H,17,18);1H. The van der Waals surface area contributed by atoms with E-state index >= 15 is 0 Å². The average molecular weight is 414 g/mol. The van der Waals surface area contributed by atoms with Gasteiger partial charge in [-0.25, -0.2) is 0 Å². The van der Waals surface area contributed by atoms with Gasteiger partial charge in [0.1, 0.15) is 0 Å². The summed E-state index contributed by atoms with van der Waals surface area (Å²) in [5.74, 6) is 1.65. The summed E-state index contributed by atoms with van der Waals surface area (Å²) in [6.45, 7) is 3.44. The van der Waals surface area contributed by atoms with Gasteiger partial charge in [-0.2, -0.15) is 0 Å². The number of nitrogens with zero attached hydrogens (tertiary/aromatic N) is 3. The van der Waals surface area contributed by atoms with Crippen molar-refractivity contribution in [3.05, 3.63) is 53.4 Å². The minimum Gasteiger partial charge on any atom is -0.359 e. The molecule has 120 valence electrons. The fourth-order valence-electron chi connectivity index (χ4n) is 2.09. The zero-order chi connectivity index (χ0) is 15.1. The second-order valence-corrected chi connectivity index (χ2v) is 4.88. The highest BCUT2D eigenvalue weighted by molar-refractivity contribution is 14.0. The number of hydrogen-bond donors (Lipinski definition) is 1. The number of aliphatic imine (C=N–C) groups is 1. The van der Waals surface area contributed by atoms with Gasteiger partial charge in [0.2, 0.25) is 0 Å². The molecular weight excluding hydrogens is 391 g/mol. The monoisotopic (exact) mass is 414 g/mol. The lowest BCUT2D eigenvalue weighted by Gasteiger charge is -2.21. The normalized spacial score (nSPS) is 11.0. The summed E-state index contributed by atoms with van der Waals surface area (Å²) in [6, 6.07) is 12.3. The number of halogens is 1. The second-order valence-electron chi connectivity index (χ2n) is 4.88. The predicted octanol–water partition coefficient (Wildman–Crippen LogP) is 3.06. The van der Waals surface area contributed by atoms with Gasteiger partial charge in [-0.1, -0.05) is 42.4 Å². The number of aryl methyl sites for hydroxylation is 1. The SMILES string of the molecule is CCc1cc(CNC(=NC)N(C)Cc2ccccc2)on1.I. The maximum Gasteiger partial charge on any atom is 0.194 e. The van der Waals surface area contributed by atoms with E-state index < -0.39 is 0 Å². The van der Waals surface area contributed by atoms with E-state index in [1.54, 1.807) is 7.05 Å². The molecule has 6 heteroatoms. The summed E-state index contributed by atoms with van der Waals surface area (Å²) in [5, 5.41) is 7.27. The molecule has 0 saturated carbocycles. The van der Waals surface area contributed by atoms with Gasteiger partial charge in [-0.15, -0.1) is 24.0 Å². The number of rotatable bonds is 5. The molecule has 1 aromatic carbocycles. The maximum atomic E-state index is 5.26. The van der Waals surface area contributed by atoms with E-state index in [0.717, 1.165) is 30.4 Å². The van der Waals surface area contributed by atoms with Crippen LogP contribution in [0.3, 0.4) is 0 Å². The summed E-state index contributed by atoms with van der Waals surface area (Å²) in [4.78, 5) is 6.37. The van der Waals surface area contributed by atoms with Gasteiger partial charge in [-0.3, -0.25) is 4.99 Å². The zero-order valence-corrected chi connectivity index (χ0v) is 15.6. The van der Waals surface area contributed by atoms with Gasteiger partial charge in [-0.05, 0) is 12.0 Å². The van der Waals surface area contributed by atoms with Crippen molar-refractivity contribution in [3.63, 3.8) is 0 Å². The topological polar surface area (TPSA) is 53.7 Å². The molecule has 22 heavy (non-hydrogen) atoms. The van der Waals surface area contributed by atoms with Crippen LogP contribution in [0.25, 0.3) is 0 Å². The highest BCUT2D eigenvalue weighted by atomic mass is 127. The molecule has 5 nitrogen and oxygen atoms in total. The van der Waals surface area contributed by atoms with Crippen molar-refractivity contribution in [1.82, 2.24) is 15.4 Å². The van der Waals surface area contributed by atoms with E-state index in [1.807, 2.05) is 31.3 Å². The lowest BCUT2D eigenvalue weighted by molar-refractivity contribution is 0.371. The van der Waals surface area contributed by atoms with Gasteiger partial charge in [0.05, 0.1) is 12.2 Å². The van der Waals surface area contributed by atoms with Gasteiger partial charge < -0.3 is 14.7 Å². The average Bonchev–Trinajstić information content (AvgIpc) is 2.97. The van der Waals surface area contributed by atoms with E-state index in [2.05, 4.69) is 39.4 Å². The zero-order valence-electron chi connectivity index (χ0n) is 13.2. The third-order valence-corrected chi connectivity index (χ3v) is 3.23. The summed E-state index contributed by atoms with van der Waals surface area (Å²) in [7, 11) is 3.79. The van der Waals surface area contributed by atoms with Crippen LogP contribution in [-0.4, -0.2) is 30.1 Å². The van der Waals surface area contributed by atoms with Crippen LogP contribution in [0.4, 0.5) is 0 Å². The van der Waals surface area contributed by atoms with Crippen molar-refractivity contribution >= 4 is 29.9 Å². The molecule has 0 bridgehead atoms. The summed E-state index contributed by atoms with van der Waals surface area (Å²) in [6.07, 6.45) is 0.881. The highest BCUT2D eigenvalue weighted by Crippen LogP contribution is 2.05. The number of nitrogens with one attached hydrogen (secondary N) is 1. The van der Waals surface area contributed by atoms with Crippen molar-refractivity contribution in [1.29, 1.82) is 0 Å². The van der Waals surface area contributed by atoms with Crippen molar-refractivity contribution in [3.8, 4) is 0 Å². The van der Waals surface area contributed by atoms with Crippen molar-refractivity contribution in [2.45, 2.75) is 26.4 Å². The molecule has 0 aliphatic heterocycles. The molecule has 0 aliphatic rings. The Bertz CT molecular complexity index is 583. The Kier molecular flexibility index (Phi) is 7.94. The molecule has 0 atom stereocenters.